The van der Waals surface area contributed by atoms with E-state index in [4.69, 9.17) is 8.83 Å². The van der Waals surface area contributed by atoms with Gasteiger partial charge in [-0.25, -0.2) is 4.79 Å². The molecule has 0 bridgehead atoms. The van der Waals surface area contributed by atoms with Gasteiger partial charge in [-0.15, -0.1) is 11.8 Å². The first-order valence-corrected chi connectivity index (χ1v) is 9.57. The molecule has 1 unspecified atom stereocenters. The van der Waals surface area contributed by atoms with Gasteiger partial charge in [0.15, 0.2) is 6.04 Å². The maximum Gasteiger partial charge on any atom is 0.334 e. The van der Waals surface area contributed by atoms with Gasteiger partial charge in [0.25, 0.3) is 0 Å². The van der Waals surface area contributed by atoms with Gasteiger partial charge >= 0.3 is 5.97 Å². The molecule has 1 aromatic carbocycles. The molecule has 0 radical (unpaired) electrons. The lowest BCUT2D eigenvalue weighted by Gasteiger charge is -2.28. The predicted octanol–water partition coefficient (Wildman–Crippen LogP) is 4.96. The van der Waals surface area contributed by atoms with Crippen molar-refractivity contribution in [3.8, 4) is 0 Å². The third-order valence-corrected chi connectivity index (χ3v) is 4.97. The van der Waals surface area contributed by atoms with E-state index in [0.29, 0.717) is 18.1 Å². The molecule has 0 amide bonds. The second-order valence-electron chi connectivity index (χ2n) is 5.74. The van der Waals surface area contributed by atoms with Crippen molar-refractivity contribution >= 4 is 23.4 Å². The highest BCUT2D eigenvalue weighted by atomic mass is 32.2. The summed E-state index contributed by atoms with van der Waals surface area (Å²) in [6, 6.07) is 16.1. The minimum Gasteiger partial charge on any atom is -0.479 e. The Balaban J connectivity index is 1.72. The molecule has 0 aliphatic rings. The number of carbonyl (C=O) groups is 1. The molecule has 3 aromatic rings. The van der Waals surface area contributed by atoms with E-state index in [0.717, 1.165) is 23.0 Å². The molecule has 26 heavy (non-hydrogen) atoms. The molecule has 6 heteroatoms. The number of carboxylic acids is 1. The Bertz CT molecular complexity index is 813. The largest absolute Gasteiger partial charge is 0.479 e. The monoisotopic (exact) mass is 371 g/mol. The van der Waals surface area contributed by atoms with Crippen LogP contribution in [0.3, 0.4) is 0 Å². The predicted molar refractivity (Wildman–Crippen MR) is 102 cm³/mol. The topological polar surface area (TPSA) is 66.8 Å². The molecule has 2 aromatic heterocycles. The summed E-state index contributed by atoms with van der Waals surface area (Å²) in [6.45, 7) is 2.50. The first-order valence-electron chi connectivity index (χ1n) is 8.42. The van der Waals surface area contributed by atoms with Crippen molar-refractivity contribution in [1.29, 1.82) is 0 Å². The summed E-state index contributed by atoms with van der Waals surface area (Å²) < 4.78 is 11.2. The van der Waals surface area contributed by atoms with E-state index in [1.165, 1.54) is 0 Å². The summed E-state index contributed by atoms with van der Waals surface area (Å²) >= 11 is 1.66. The summed E-state index contributed by atoms with van der Waals surface area (Å²) in [7, 11) is 0. The van der Waals surface area contributed by atoms with E-state index in [9.17, 15) is 9.90 Å². The molecule has 0 aliphatic heterocycles. The molecule has 0 saturated carbocycles. The zero-order valence-corrected chi connectivity index (χ0v) is 15.3. The minimum absolute atomic E-state index is 0.441. The van der Waals surface area contributed by atoms with Gasteiger partial charge in [-0.3, -0.25) is 0 Å². The van der Waals surface area contributed by atoms with Crippen LogP contribution in [0, 0.1) is 0 Å². The molecule has 3 rings (SSSR count). The highest BCUT2D eigenvalue weighted by Crippen LogP contribution is 2.30. The van der Waals surface area contributed by atoms with Crippen LogP contribution >= 0.6 is 11.8 Å². The first-order chi connectivity index (χ1) is 12.7. The maximum atomic E-state index is 11.9. The van der Waals surface area contributed by atoms with Gasteiger partial charge in [0, 0.05) is 12.2 Å². The molecule has 0 saturated heterocycles. The van der Waals surface area contributed by atoms with Crippen LogP contribution in [0.1, 0.15) is 30.2 Å². The van der Waals surface area contributed by atoms with E-state index in [1.807, 2.05) is 60.4 Å². The molecular formula is C20H21NO4S. The van der Waals surface area contributed by atoms with E-state index in [1.54, 1.807) is 24.1 Å². The summed E-state index contributed by atoms with van der Waals surface area (Å²) in [5, 5.41) is 9.78. The normalized spacial score (nSPS) is 12.0. The highest BCUT2D eigenvalue weighted by molar-refractivity contribution is 7.97. The Morgan fingerprint density at radius 3 is 2.50 bits per heavy atom. The van der Waals surface area contributed by atoms with Gasteiger partial charge in [-0.05, 0) is 43.3 Å². The van der Waals surface area contributed by atoms with Gasteiger partial charge in [0.1, 0.15) is 17.3 Å². The molecule has 1 atom stereocenters. The zero-order chi connectivity index (χ0) is 18.4. The lowest BCUT2D eigenvalue weighted by atomic mass is 10.1. The van der Waals surface area contributed by atoms with E-state index < -0.39 is 12.0 Å². The third-order valence-electron chi connectivity index (χ3n) is 3.99. The van der Waals surface area contributed by atoms with Crippen molar-refractivity contribution in [1.82, 2.24) is 0 Å². The maximum absolute atomic E-state index is 11.9. The third kappa shape index (κ3) is 4.32. The van der Waals surface area contributed by atoms with Crippen LogP contribution in [0.15, 0.2) is 69.7 Å². The smallest absolute Gasteiger partial charge is 0.334 e. The van der Waals surface area contributed by atoms with Crippen LogP contribution in [-0.4, -0.2) is 17.6 Å². The van der Waals surface area contributed by atoms with Crippen molar-refractivity contribution < 1.29 is 18.7 Å². The Kier molecular flexibility index (Phi) is 6.07. The highest BCUT2D eigenvalue weighted by Gasteiger charge is 2.29. The Morgan fingerprint density at radius 2 is 1.85 bits per heavy atom. The van der Waals surface area contributed by atoms with Gasteiger partial charge < -0.3 is 18.8 Å². The quantitative estimate of drug-likeness (QED) is 0.573. The van der Waals surface area contributed by atoms with E-state index in [-0.39, 0.29) is 0 Å². The fourth-order valence-electron chi connectivity index (χ4n) is 2.81. The minimum atomic E-state index is -0.931. The average molecular weight is 371 g/mol. The zero-order valence-electron chi connectivity index (χ0n) is 14.5. The second-order valence-corrected chi connectivity index (χ2v) is 6.72. The Hall–Kier alpha value is -2.60. The van der Waals surface area contributed by atoms with Gasteiger partial charge in [0.2, 0.25) is 0 Å². The fraction of sp³-hybridized carbons (Fsp3) is 0.250. The standard InChI is InChI=1S/C20H21NO4S/c1-2-21(15-7-4-3-5-8-15)19(20(22)23)18-11-10-17(25-18)14-26-13-16-9-6-12-24-16/h3-12,19H,2,13-14H2,1H3,(H,22,23). The molecule has 0 fully saturated rings. The fourth-order valence-corrected chi connectivity index (χ4v) is 3.63. The van der Waals surface area contributed by atoms with E-state index in [2.05, 4.69) is 0 Å². The molecular weight excluding hydrogens is 350 g/mol. The number of hydrogen-bond acceptors (Lipinski definition) is 5. The van der Waals surface area contributed by atoms with Crippen LogP contribution in [0.4, 0.5) is 5.69 Å². The van der Waals surface area contributed by atoms with Crippen molar-refractivity contribution in [3.05, 3.63) is 78.1 Å². The Labute approximate surface area is 156 Å². The first kappa shape index (κ1) is 18.2. The van der Waals surface area contributed by atoms with Crippen molar-refractivity contribution in [2.45, 2.75) is 24.5 Å². The van der Waals surface area contributed by atoms with Crippen LogP contribution in [0.2, 0.25) is 0 Å². The average Bonchev–Trinajstić information content (AvgIpc) is 3.32. The summed E-state index contributed by atoms with van der Waals surface area (Å²) in [4.78, 5) is 13.8. The van der Waals surface area contributed by atoms with Crippen molar-refractivity contribution in [2.24, 2.45) is 0 Å². The molecule has 5 nitrogen and oxygen atoms in total. The van der Waals surface area contributed by atoms with Crippen LogP contribution < -0.4 is 4.90 Å². The number of aliphatic carboxylic acids is 1. The number of rotatable bonds is 9. The van der Waals surface area contributed by atoms with Crippen molar-refractivity contribution in [3.63, 3.8) is 0 Å². The number of para-hydroxylation sites is 1. The lowest BCUT2D eigenvalue weighted by Crippen LogP contribution is -2.33. The summed E-state index contributed by atoms with van der Waals surface area (Å²) in [6.07, 6.45) is 1.65. The van der Waals surface area contributed by atoms with Gasteiger partial charge in [-0.1, -0.05) is 18.2 Å². The second kappa shape index (κ2) is 8.67. The summed E-state index contributed by atoms with van der Waals surface area (Å²) in [5.74, 6) is 2.58. The Morgan fingerprint density at radius 1 is 1.08 bits per heavy atom. The van der Waals surface area contributed by atoms with Crippen LogP contribution in [0.5, 0.6) is 0 Å². The van der Waals surface area contributed by atoms with Crippen LogP contribution in [-0.2, 0) is 16.3 Å². The molecule has 2 heterocycles. The molecule has 0 aliphatic carbocycles. The number of furan rings is 2. The number of benzene rings is 1. The molecule has 136 valence electrons. The number of nitrogens with zero attached hydrogens (tertiary/aromatic N) is 1. The van der Waals surface area contributed by atoms with Gasteiger partial charge in [0.05, 0.1) is 17.8 Å². The lowest BCUT2D eigenvalue weighted by molar-refractivity contribution is -0.139. The SMILES string of the molecule is CCN(c1ccccc1)C(C(=O)O)c1ccc(CSCc2ccco2)o1. The van der Waals surface area contributed by atoms with Crippen molar-refractivity contribution in [2.75, 3.05) is 11.4 Å². The number of carboxylic acid groups (broad SMARTS) is 1. The molecule has 0 spiro atoms. The summed E-state index contributed by atoms with van der Waals surface area (Å²) in [5.41, 5.74) is 0.854. The number of likely N-dealkylation sites (N-methyl/N-ethyl adjacent to an activating group) is 1. The van der Waals surface area contributed by atoms with E-state index >= 15 is 0 Å². The van der Waals surface area contributed by atoms with Crippen LogP contribution in [0.25, 0.3) is 0 Å². The number of anilines is 1. The number of hydrogen-bond donors (Lipinski definition) is 1. The number of thioether (sulfide) groups is 1. The molecule has 1 N–H and O–H groups in total. The van der Waals surface area contributed by atoms with Gasteiger partial charge in [-0.2, -0.15) is 0 Å².